The Morgan fingerprint density at radius 1 is 1.18 bits per heavy atom. The highest BCUT2D eigenvalue weighted by molar-refractivity contribution is 5.89. The molecule has 1 saturated heterocycles. The van der Waals surface area contributed by atoms with E-state index in [1.807, 2.05) is 7.05 Å². The van der Waals surface area contributed by atoms with Crippen LogP contribution in [0.3, 0.4) is 0 Å². The summed E-state index contributed by atoms with van der Waals surface area (Å²) in [6.45, 7) is 6.48. The molecule has 1 fully saturated rings. The highest BCUT2D eigenvalue weighted by atomic mass is 16.2. The topological polar surface area (TPSA) is 78.7 Å². The van der Waals surface area contributed by atoms with E-state index in [2.05, 4.69) is 10.2 Å². The van der Waals surface area contributed by atoms with Gasteiger partial charge in [-0.3, -0.25) is 9.59 Å². The summed E-state index contributed by atoms with van der Waals surface area (Å²) in [7, 11) is 2.03. The van der Waals surface area contributed by atoms with Crippen LogP contribution in [0.25, 0.3) is 0 Å². The lowest BCUT2D eigenvalue weighted by Crippen LogP contribution is -2.54. The molecule has 1 aliphatic rings. The molecule has 6 nitrogen and oxygen atoms in total. The number of rotatable bonds is 3. The second-order valence-corrected chi connectivity index (χ2v) is 4.65. The van der Waals surface area contributed by atoms with Crippen LogP contribution in [0, 0.1) is 0 Å². The fraction of sp³-hybridized carbons (Fsp3) is 0.818. The Labute approximate surface area is 102 Å². The van der Waals surface area contributed by atoms with Crippen LogP contribution >= 0.6 is 0 Å². The molecular formula is C11H22N4O2. The normalized spacial score (nSPS) is 20.8. The maximum atomic E-state index is 12.0. The van der Waals surface area contributed by atoms with Crippen molar-refractivity contribution in [1.82, 2.24) is 15.1 Å². The maximum Gasteiger partial charge on any atom is 0.244 e. The second kappa shape index (κ2) is 5.97. The first-order valence-corrected chi connectivity index (χ1v) is 5.95. The molecule has 98 valence electrons. The minimum Gasteiger partial charge on any atom is -0.343 e. The minimum absolute atomic E-state index is 0.0351. The van der Waals surface area contributed by atoms with Crippen molar-refractivity contribution in [2.75, 3.05) is 33.2 Å². The van der Waals surface area contributed by atoms with Gasteiger partial charge in [-0.2, -0.15) is 0 Å². The van der Waals surface area contributed by atoms with Gasteiger partial charge in [0.25, 0.3) is 0 Å². The predicted octanol–water partition coefficient (Wildman–Crippen LogP) is -1.39. The molecule has 3 N–H and O–H groups in total. The summed E-state index contributed by atoms with van der Waals surface area (Å²) in [5, 5.41) is 2.62. The Hall–Kier alpha value is -1.14. The van der Waals surface area contributed by atoms with Crippen LogP contribution in [-0.4, -0.2) is 66.9 Å². The highest BCUT2D eigenvalue weighted by Crippen LogP contribution is 2.02. The van der Waals surface area contributed by atoms with E-state index in [1.165, 1.54) is 0 Å². The van der Waals surface area contributed by atoms with E-state index < -0.39 is 12.1 Å². The molecule has 0 bridgehead atoms. The van der Waals surface area contributed by atoms with Crippen molar-refractivity contribution in [3.8, 4) is 0 Å². The number of nitrogens with two attached hydrogens (primary N) is 1. The lowest BCUT2D eigenvalue weighted by Gasteiger charge is -2.34. The van der Waals surface area contributed by atoms with E-state index in [1.54, 1.807) is 18.7 Å². The summed E-state index contributed by atoms with van der Waals surface area (Å²) in [6, 6.07) is -1.09. The molecule has 0 aromatic carbocycles. The fourth-order valence-electron chi connectivity index (χ4n) is 1.71. The lowest BCUT2D eigenvalue weighted by atomic mass is 10.2. The van der Waals surface area contributed by atoms with Crippen molar-refractivity contribution in [2.24, 2.45) is 5.73 Å². The average Bonchev–Trinajstić information content (AvgIpc) is 2.28. The number of piperazine rings is 1. The molecule has 2 atom stereocenters. The average molecular weight is 242 g/mol. The molecule has 17 heavy (non-hydrogen) atoms. The highest BCUT2D eigenvalue weighted by Gasteiger charge is 2.25. The third-order valence-corrected chi connectivity index (χ3v) is 2.96. The SMILES string of the molecule is C[C@@H](N)C(=O)N[C@H](C)C(=O)N1CCN(C)CC1. The van der Waals surface area contributed by atoms with Crippen LogP contribution in [0.15, 0.2) is 0 Å². The van der Waals surface area contributed by atoms with E-state index in [0.29, 0.717) is 13.1 Å². The van der Waals surface area contributed by atoms with Gasteiger partial charge in [-0.1, -0.05) is 0 Å². The van der Waals surface area contributed by atoms with E-state index in [4.69, 9.17) is 5.73 Å². The standard InChI is InChI=1S/C11H22N4O2/c1-8(12)10(16)13-9(2)11(17)15-6-4-14(3)5-7-15/h8-9H,4-7,12H2,1-3H3,(H,13,16)/t8-,9-/m1/s1. The third kappa shape index (κ3) is 3.98. The van der Waals surface area contributed by atoms with Gasteiger partial charge in [0.15, 0.2) is 0 Å². The Bertz CT molecular complexity index is 285. The number of nitrogens with zero attached hydrogens (tertiary/aromatic N) is 2. The lowest BCUT2D eigenvalue weighted by molar-refractivity contribution is -0.137. The van der Waals surface area contributed by atoms with Crippen molar-refractivity contribution < 1.29 is 9.59 Å². The van der Waals surface area contributed by atoms with Crippen molar-refractivity contribution in [3.63, 3.8) is 0 Å². The molecule has 0 unspecified atom stereocenters. The van der Waals surface area contributed by atoms with Crippen molar-refractivity contribution in [1.29, 1.82) is 0 Å². The zero-order valence-electron chi connectivity index (χ0n) is 10.8. The Morgan fingerprint density at radius 2 is 1.71 bits per heavy atom. The quantitative estimate of drug-likeness (QED) is 0.639. The summed E-state index contributed by atoms with van der Waals surface area (Å²) in [4.78, 5) is 27.4. The molecule has 0 spiro atoms. The molecular weight excluding hydrogens is 220 g/mol. The molecule has 0 aromatic heterocycles. The van der Waals surface area contributed by atoms with Crippen LogP contribution in [0.4, 0.5) is 0 Å². The summed E-state index contributed by atoms with van der Waals surface area (Å²) < 4.78 is 0. The fourth-order valence-corrected chi connectivity index (χ4v) is 1.71. The molecule has 0 aliphatic carbocycles. The molecule has 1 rings (SSSR count). The Morgan fingerprint density at radius 3 is 2.18 bits per heavy atom. The molecule has 0 aromatic rings. The van der Waals surface area contributed by atoms with Crippen molar-refractivity contribution >= 4 is 11.8 Å². The van der Waals surface area contributed by atoms with Crippen LogP contribution in [0.2, 0.25) is 0 Å². The monoisotopic (exact) mass is 242 g/mol. The van der Waals surface area contributed by atoms with Gasteiger partial charge in [0.05, 0.1) is 6.04 Å². The molecule has 2 amide bonds. The van der Waals surface area contributed by atoms with Gasteiger partial charge in [0.2, 0.25) is 11.8 Å². The number of amides is 2. The van der Waals surface area contributed by atoms with Gasteiger partial charge >= 0.3 is 0 Å². The number of likely N-dealkylation sites (N-methyl/N-ethyl adjacent to an activating group) is 1. The molecule has 1 aliphatic heterocycles. The summed E-state index contributed by atoms with van der Waals surface area (Å²) in [5.74, 6) is -0.327. The molecule has 0 saturated carbocycles. The predicted molar refractivity (Wildman–Crippen MR) is 65.3 cm³/mol. The smallest absolute Gasteiger partial charge is 0.244 e. The maximum absolute atomic E-state index is 12.0. The van der Waals surface area contributed by atoms with E-state index in [9.17, 15) is 9.59 Å². The summed E-state index contributed by atoms with van der Waals surface area (Å²) in [6.07, 6.45) is 0. The number of hydrogen-bond donors (Lipinski definition) is 2. The number of carbonyl (C=O) groups is 2. The van der Waals surface area contributed by atoms with E-state index in [0.717, 1.165) is 13.1 Å². The molecule has 0 radical (unpaired) electrons. The number of carbonyl (C=O) groups excluding carboxylic acids is 2. The van der Waals surface area contributed by atoms with Crippen LogP contribution in [0.1, 0.15) is 13.8 Å². The zero-order chi connectivity index (χ0) is 13.0. The largest absolute Gasteiger partial charge is 0.343 e. The van der Waals surface area contributed by atoms with Crippen LogP contribution in [-0.2, 0) is 9.59 Å². The zero-order valence-corrected chi connectivity index (χ0v) is 10.8. The molecule has 1 heterocycles. The Balaban J connectivity index is 2.44. The minimum atomic E-state index is -0.585. The third-order valence-electron chi connectivity index (χ3n) is 2.96. The number of hydrogen-bond acceptors (Lipinski definition) is 4. The van der Waals surface area contributed by atoms with Gasteiger partial charge in [-0.15, -0.1) is 0 Å². The van der Waals surface area contributed by atoms with Gasteiger partial charge in [0.1, 0.15) is 6.04 Å². The van der Waals surface area contributed by atoms with E-state index in [-0.39, 0.29) is 11.8 Å². The first-order valence-electron chi connectivity index (χ1n) is 5.95. The van der Waals surface area contributed by atoms with Gasteiger partial charge in [-0.25, -0.2) is 0 Å². The van der Waals surface area contributed by atoms with Crippen LogP contribution in [0.5, 0.6) is 0 Å². The van der Waals surface area contributed by atoms with Crippen LogP contribution < -0.4 is 11.1 Å². The van der Waals surface area contributed by atoms with Crippen molar-refractivity contribution in [3.05, 3.63) is 0 Å². The Kier molecular flexibility index (Phi) is 4.89. The van der Waals surface area contributed by atoms with Gasteiger partial charge in [0, 0.05) is 26.2 Å². The summed E-state index contributed by atoms with van der Waals surface area (Å²) in [5.41, 5.74) is 5.44. The molecule has 6 heteroatoms. The number of nitrogens with one attached hydrogen (secondary N) is 1. The second-order valence-electron chi connectivity index (χ2n) is 4.65. The van der Waals surface area contributed by atoms with Gasteiger partial charge < -0.3 is 20.9 Å². The van der Waals surface area contributed by atoms with E-state index >= 15 is 0 Å². The first-order chi connectivity index (χ1) is 7.91. The van der Waals surface area contributed by atoms with Gasteiger partial charge in [-0.05, 0) is 20.9 Å². The first kappa shape index (κ1) is 13.9. The van der Waals surface area contributed by atoms with Crippen molar-refractivity contribution in [2.45, 2.75) is 25.9 Å². The summed E-state index contributed by atoms with van der Waals surface area (Å²) >= 11 is 0.